The summed E-state index contributed by atoms with van der Waals surface area (Å²) < 4.78 is 13.2. The molecule has 1 aliphatic carbocycles. The number of nitrogens with one attached hydrogen (secondary N) is 1. The van der Waals surface area contributed by atoms with Crippen LogP contribution in [0, 0.1) is 5.82 Å². The Morgan fingerprint density at radius 1 is 1.36 bits per heavy atom. The van der Waals surface area contributed by atoms with Crippen LogP contribution in [0.3, 0.4) is 0 Å². The normalized spacial score (nSPS) is 18.1. The second-order valence-corrected chi connectivity index (χ2v) is 3.88. The molecule has 1 fully saturated rings. The van der Waals surface area contributed by atoms with Crippen molar-refractivity contribution in [3.8, 4) is 0 Å². The average Bonchev–Trinajstić information content (AvgIpc) is 2.98. The third-order valence-corrected chi connectivity index (χ3v) is 2.77. The van der Waals surface area contributed by atoms with E-state index < -0.39 is 0 Å². The molecule has 0 bridgehead atoms. The third kappa shape index (κ3) is 1.94. The van der Waals surface area contributed by atoms with Crippen LogP contribution in [-0.2, 0) is 6.54 Å². The first-order valence-corrected chi connectivity index (χ1v) is 4.85. The molecule has 0 heterocycles. The van der Waals surface area contributed by atoms with E-state index in [1.165, 1.54) is 6.07 Å². The number of benzene rings is 1. The van der Waals surface area contributed by atoms with Crippen molar-refractivity contribution in [3.63, 3.8) is 0 Å². The molecule has 0 radical (unpaired) electrons. The molecule has 0 aromatic heterocycles. The van der Waals surface area contributed by atoms with E-state index in [-0.39, 0.29) is 18.0 Å². The van der Waals surface area contributed by atoms with Gasteiger partial charge >= 0.3 is 0 Å². The molecule has 14 heavy (non-hydrogen) atoms. The maximum Gasteiger partial charge on any atom is 0.127 e. The lowest BCUT2D eigenvalue weighted by Crippen LogP contribution is -2.34. The van der Waals surface area contributed by atoms with E-state index in [9.17, 15) is 4.39 Å². The van der Waals surface area contributed by atoms with Gasteiger partial charge in [-0.2, -0.15) is 0 Å². The molecule has 0 saturated heterocycles. The van der Waals surface area contributed by atoms with Gasteiger partial charge in [-0.25, -0.2) is 4.39 Å². The van der Waals surface area contributed by atoms with Gasteiger partial charge in [0.25, 0.3) is 0 Å². The summed E-state index contributed by atoms with van der Waals surface area (Å²) in [5, 5.41) is 12.2. The highest BCUT2D eigenvalue weighted by atomic mass is 19.1. The largest absolute Gasteiger partial charge is 0.394 e. The van der Waals surface area contributed by atoms with Crippen LogP contribution in [-0.4, -0.2) is 17.3 Å². The van der Waals surface area contributed by atoms with Crippen molar-refractivity contribution in [2.45, 2.75) is 24.9 Å². The van der Waals surface area contributed by atoms with Crippen LogP contribution >= 0.6 is 0 Å². The molecule has 0 atom stereocenters. The van der Waals surface area contributed by atoms with Crippen molar-refractivity contribution in [1.82, 2.24) is 5.32 Å². The first kappa shape index (κ1) is 9.62. The van der Waals surface area contributed by atoms with E-state index in [0.717, 1.165) is 12.8 Å². The van der Waals surface area contributed by atoms with Crippen molar-refractivity contribution in [3.05, 3.63) is 35.6 Å². The molecule has 1 aromatic carbocycles. The maximum atomic E-state index is 13.2. The van der Waals surface area contributed by atoms with Gasteiger partial charge in [0.1, 0.15) is 5.82 Å². The molecule has 1 saturated carbocycles. The van der Waals surface area contributed by atoms with Gasteiger partial charge in [0.2, 0.25) is 0 Å². The number of hydrogen-bond donors (Lipinski definition) is 2. The smallest absolute Gasteiger partial charge is 0.127 e. The first-order valence-electron chi connectivity index (χ1n) is 4.85. The standard InChI is InChI=1S/C11H14FNO/c12-10-4-2-1-3-9(10)7-13-11(8-14)5-6-11/h1-4,13-14H,5-8H2. The quantitative estimate of drug-likeness (QED) is 0.762. The fourth-order valence-corrected chi connectivity index (χ4v) is 1.47. The van der Waals surface area contributed by atoms with E-state index in [0.29, 0.717) is 12.1 Å². The summed E-state index contributed by atoms with van der Waals surface area (Å²) in [6.07, 6.45) is 1.97. The van der Waals surface area contributed by atoms with E-state index >= 15 is 0 Å². The predicted molar refractivity (Wildman–Crippen MR) is 52.3 cm³/mol. The molecule has 0 spiro atoms. The Kier molecular flexibility index (Phi) is 2.52. The monoisotopic (exact) mass is 195 g/mol. The summed E-state index contributed by atoms with van der Waals surface area (Å²) in [7, 11) is 0. The lowest BCUT2D eigenvalue weighted by atomic mass is 10.2. The Balaban J connectivity index is 1.95. The van der Waals surface area contributed by atoms with Crippen LogP contribution in [0.25, 0.3) is 0 Å². The van der Waals surface area contributed by atoms with Crippen LogP contribution in [0.5, 0.6) is 0 Å². The highest BCUT2D eigenvalue weighted by Gasteiger charge is 2.41. The van der Waals surface area contributed by atoms with Crippen molar-refractivity contribution in [1.29, 1.82) is 0 Å². The second kappa shape index (κ2) is 3.67. The highest BCUT2D eigenvalue weighted by Crippen LogP contribution is 2.34. The Bertz CT molecular complexity index is 323. The zero-order valence-corrected chi connectivity index (χ0v) is 7.96. The molecule has 1 aromatic rings. The summed E-state index contributed by atoms with van der Waals surface area (Å²) in [6, 6.07) is 6.71. The Morgan fingerprint density at radius 2 is 2.07 bits per heavy atom. The third-order valence-electron chi connectivity index (χ3n) is 2.77. The average molecular weight is 195 g/mol. The number of hydrogen-bond acceptors (Lipinski definition) is 2. The molecule has 0 aliphatic heterocycles. The Hall–Kier alpha value is -0.930. The van der Waals surface area contributed by atoms with Gasteiger partial charge in [0.05, 0.1) is 6.61 Å². The molecular weight excluding hydrogens is 181 g/mol. The fourth-order valence-electron chi connectivity index (χ4n) is 1.47. The minimum absolute atomic E-state index is 0.123. The molecule has 2 N–H and O–H groups in total. The van der Waals surface area contributed by atoms with Crippen LogP contribution in [0.4, 0.5) is 4.39 Å². The predicted octanol–water partition coefficient (Wildman–Crippen LogP) is 1.44. The highest BCUT2D eigenvalue weighted by molar-refractivity contribution is 5.18. The Labute approximate surface area is 82.8 Å². The summed E-state index contributed by atoms with van der Waals surface area (Å²) in [6.45, 7) is 0.634. The number of aliphatic hydroxyl groups is 1. The van der Waals surface area contributed by atoms with Gasteiger partial charge in [-0.3, -0.25) is 0 Å². The van der Waals surface area contributed by atoms with Gasteiger partial charge < -0.3 is 10.4 Å². The van der Waals surface area contributed by atoms with E-state index in [2.05, 4.69) is 5.32 Å². The van der Waals surface area contributed by atoms with Gasteiger partial charge in [0, 0.05) is 17.6 Å². The van der Waals surface area contributed by atoms with Crippen molar-refractivity contribution < 1.29 is 9.50 Å². The molecular formula is C11H14FNO. The number of aliphatic hydroxyl groups excluding tert-OH is 1. The summed E-state index contributed by atoms with van der Waals surface area (Å²) in [5.41, 5.74) is 0.537. The zero-order valence-electron chi connectivity index (χ0n) is 7.96. The summed E-state index contributed by atoms with van der Waals surface area (Å²) in [5.74, 6) is -0.186. The van der Waals surface area contributed by atoms with Crippen LogP contribution in [0.1, 0.15) is 18.4 Å². The zero-order chi connectivity index (χ0) is 10.0. The number of halogens is 1. The molecule has 3 heteroatoms. The summed E-state index contributed by atoms with van der Waals surface area (Å²) >= 11 is 0. The van der Waals surface area contributed by atoms with Crippen molar-refractivity contribution in [2.75, 3.05) is 6.61 Å². The van der Waals surface area contributed by atoms with Gasteiger partial charge in [0.15, 0.2) is 0 Å². The molecule has 1 aliphatic rings. The van der Waals surface area contributed by atoms with Gasteiger partial charge in [-0.1, -0.05) is 18.2 Å². The summed E-state index contributed by atoms with van der Waals surface area (Å²) in [4.78, 5) is 0. The van der Waals surface area contributed by atoms with Gasteiger partial charge in [-0.15, -0.1) is 0 Å². The van der Waals surface area contributed by atoms with Crippen LogP contribution in [0.15, 0.2) is 24.3 Å². The maximum absolute atomic E-state index is 13.2. The van der Waals surface area contributed by atoms with E-state index in [1.54, 1.807) is 12.1 Å². The minimum atomic E-state index is -0.186. The number of rotatable bonds is 4. The topological polar surface area (TPSA) is 32.3 Å². The molecule has 2 rings (SSSR count). The van der Waals surface area contributed by atoms with Crippen LogP contribution < -0.4 is 5.32 Å². The van der Waals surface area contributed by atoms with Crippen molar-refractivity contribution >= 4 is 0 Å². The fraction of sp³-hybridized carbons (Fsp3) is 0.455. The minimum Gasteiger partial charge on any atom is -0.394 e. The lowest BCUT2D eigenvalue weighted by Gasteiger charge is -2.14. The SMILES string of the molecule is OCC1(NCc2ccccc2F)CC1. The first-order chi connectivity index (χ1) is 6.76. The molecule has 0 amide bonds. The Morgan fingerprint density at radius 3 is 2.64 bits per heavy atom. The second-order valence-electron chi connectivity index (χ2n) is 3.88. The van der Waals surface area contributed by atoms with E-state index in [4.69, 9.17) is 5.11 Å². The van der Waals surface area contributed by atoms with E-state index in [1.807, 2.05) is 6.07 Å². The van der Waals surface area contributed by atoms with Crippen molar-refractivity contribution in [2.24, 2.45) is 0 Å². The molecule has 76 valence electrons. The van der Waals surface area contributed by atoms with Crippen LogP contribution in [0.2, 0.25) is 0 Å². The molecule has 0 unspecified atom stereocenters. The molecule has 2 nitrogen and oxygen atoms in total. The van der Waals surface area contributed by atoms with Gasteiger partial charge in [-0.05, 0) is 18.9 Å². The lowest BCUT2D eigenvalue weighted by molar-refractivity contribution is 0.229.